The van der Waals surface area contributed by atoms with Crippen molar-refractivity contribution in [1.82, 2.24) is 0 Å². The number of aliphatic hydroxyl groups is 3. The Kier molecular flexibility index (Phi) is 2.21. The zero-order chi connectivity index (χ0) is 10.2. The third kappa shape index (κ3) is 1.24. The Balaban J connectivity index is 3.15. The molecule has 0 fully saturated rings. The molecule has 0 spiro atoms. The maximum atomic E-state index is 10.8. The number of rotatable bonds is 1. The van der Waals surface area contributed by atoms with E-state index in [2.05, 4.69) is 0 Å². The quantitative estimate of drug-likeness (QED) is 0.366. The summed E-state index contributed by atoms with van der Waals surface area (Å²) in [6.07, 6.45) is -2.28. The average Bonchev–Trinajstić information content (AvgIpc) is 2.08. The smallest absolute Gasteiger partial charge is 0.342 e. The molecule has 0 saturated carbocycles. The number of carbonyl (C=O) groups excluding carboxylic acids is 1. The SMILES string of the molecule is O=C1C=C[C@@H](O)[C@](O)(C(=O)O)[C@H]1O. The summed E-state index contributed by atoms with van der Waals surface area (Å²) in [5.41, 5.74) is -2.84. The summed E-state index contributed by atoms with van der Waals surface area (Å²) in [6.45, 7) is 0. The maximum Gasteiger partial charge on any atom is 0.342 e. The van der Waals surface area contributed by atoms with Crippen LogP contribution in [0.5, 0.6) is 0 Å². The highest BCUT2D eigenvalue weighted by atomic mass is 16.4. The molecule has 72 valence electrons. The number of aliphatic hydroxyl groups excluding tert-OH is 2. The molecule has 6 heteroatoms. The molecule has 0 unspecified atom stereocenters. The van der Waals surface area contributed by atoms with Gasteiger partial charge in [-0.2, -0.15) is 0 Å². The highest BCUT2D eigenvalue weighted by molar-refractivity contribution is 6.00. The summed E-state index contributed by atoms with van der Waals surface area (Å²) < 4.78 is 0. The number of ketones is 1. The first-order chi connectivity index (χ1) is 5.90. The second kappa shape index (κ2) is 2.91. The third-order valence-corrected chi connectivity index (χ3v) is 1.92. The first-order valence-corrected chi connectivity index (χ1v) is 3.44. The van der Waals surface area contributed by atoms with Crippen LogP contribution < -0.4 is 0 Å². The predicted octanol–water partition coefficient (Wildman–Crippen LogP) is -2.34. The molecule has 0 bridgehead atoms. The van der Waals surface area contributed by atoms with Crippen LogP contribution in [0.15, 0.2) is 12.2 Å². The highest BCUT2D eigenvalue weighted by Gasteiger charge is 2.53. The fourth-order valence-electron chi connectivity index (χ4n) is 1.05. The Morgan fingerprint density at radius 3 is 2.38 bits per heavy atom. The minimum absolute atomic E-state index is 0.823. The van der Waals surface area contributed by atoms with Crippen LogP contribution in [0.25, 0.3) is 0 Å². The van der Waals surface area contributed by atoms with Gasteiger partial charge < -0.3 is 20.4 Å². The van der Waals surface area contributed by atoms with Gasteiger partial charge in [-0.25, -0.2) is 4.79 Å². The van der Waals surface area contributed by atoms with Crippen LogP contribution in [0.4, 0.5) is 0 Å². The lowest BCUT2D eigenvalue weighted by molar-refractivity contribution is -0.189. The van der Waals surface area contributed by atoms with Crippen LogP contribution in [-0.2, 0) is 9.59 Å². The van der Waals surface area contributed by atoms with E-state index < -0.39 is 29.6 Å². The number of aliphatic carboxylic acids is 1. The Bertz CT molecular complexity index is 283. The van der Waals surface area contributed by atoms with Crippen LogP contribution in [0, 0.1) is 0 Å². The standard InChI is InChI=1S/C7H8O6/c8-3-1-2-4(9)7(13,5(3)10)6(11)12/h1-2,4-5,9-10,13H,(H,11,12)/t4-,5+,7-/m1/s1. The zero-order valence-electron chi connectivity index (χ0n) is 6.41. The van der Waals surface area contributed by atoms with Crippen molar-refractivity contribution in [2.75, 3.05) is 0 Å². The first-order valence-electron chi connectivity index (χ1n) is 3.44. The summed E-state index contributed by atoms with van der Waals surface area (Å²) in [4.78, 5) is 21.3. The molecule has 4 N–H and O–H groups in total. The summed E-state index contributed by atoms with van der Waals surface area (Å²) in [5, 5.41) is 35.9. The molecule has 13 heavy (non-hydrogen) atoms. The molecular weight excluding hydrogens is 180 g/mol. The molecule has 0 radical (unpaired) electrons. The summed E-state index contributed by atoms with van der Waals surface area (Å²) in [6, 6.07) is 0. The lowest BCUT2D eigenvalue weighted by Crippen LogP contribution is -2.61. The van der Waals surface area contributed by atoms with Gasteiger partial charge in [0.15, 0.2) is 11.9 Å². The van der Waals surface area contributed by atoms with Gasteiger partial charge in [-0.05, 0) is 12.2 Å². The number of hydrogen-bond donors (Lipinski definition) is 4. The van der Waals surface area contributed by atoms with E-state index in [1.54, 1.807) is 0 Å². The van der Waals surface area contributed by atoms with Gasteiger partial charge in [0.1, 0.15) is 6.10 Å². The van der Waals surface area contributed by atoms with Gasteiger partial charge in [-0.3, -0.25) is 4.79 Å². The predicted molar refractivity (Wildman–Crippen MR) is 38.7 cm³/mol. The van der Waals surface area contributed by atoms with E-state index in [0.29, 0.717) is 0 Å². The normalized spacial score (nSPS) is 39.2. The fourth-order valence-corrected chi connectivity index (χ4v) is 1.05. The van der Waals surface area contributed by atoms with Crippen molar-refractivity contribution in [1.29, 1.82) is 0 Å². The summed E-state index contributed by atoms with van der Waals surface area (Å²) >= 11 is 0. The van der Waals surface area contributed by atoms with Crippen molar-refractivity contribution in [2.45, 2.75) is 17.8 Å². The highest BCUT2D eigenvalue weighted by Crippen LogP contribution is 2.22. The minimum atomic E-state index is -2.84. The Morgan fingerprint density at radius 1 is 1.46 bits per heavy atom. The largest absolute Gasteiger partial charge is 0.479 e. The summed E-state index contributed by atoms with van der Waals surface area (Å²) in [5.74, 6) is -2.79. The van der Waals surface area contributed by atoms with Crippen molar-refractivity contribution >= 4 is 11.8 Å². The fraction of sp³-hybridized carbons (Fsp3) is 0.429. The van der Waals surface area contributed by atoms with Gasteiger partial charge >= 0.3 is 5.97 Å². The van der Waals surface area contributed by atoms with E-state index in [9.17, 15) is 14.7 Å². The van der Waals surface area contributed by atoms with Gasteiger partial charge in [0, 0.05) is 0 Å². The summed E-state index contributed by atoms with van der Waals surface area (Å²) in [7, 11) is 0. The van der Waals surface area contributed by atoms with Crippen molar-refractivity contribution in [3.63, 3.8) is 0 Å². The minimum Gasteiger partial charge on any atom is -0.479 e. The molecule has 0 aromatic rings. The Morgan fingerprint density at radius 2 is 2.00 bits per heavy atom. The van der Waals surface area contributed by atoms with E-state index in [1.807, 2.05) is 0 Å². The molecule has 0 saturated heterocycles. The molecule has 1 rings (SSSR count). The van der Waals surface area contributed by atoms with Crippen LogP contribution >= 0.6 is 0 Å². The van der Waals surface area contributed by atoms with Crippen molar-refractivity contribution < 1.29 is 30.0 Å². The maximum absolute atomic E-state index is 10.8. The molecular formula is C7H8O6. The second-order valence-corrected chi connectivity index (χ2v) is 2.74. The van der Waals surface area contributed by atoms with E-state index in [1.165, 1.54) is 0 Å². The van der Waals surface area contributed by atoms with Crippen LogP contribution in [0.1, 0.15) is 0 Å². The number of carbonyl (C=O) groups is 2. The number of carboxylic acids is 1. The van der Waals surface area contributed by atoms with E-state index in [4.69, 9.17) is 15.3 Å². The van der Waals surface area contributed by atoms with Crippen LogP contribution in [0.3, 0.4) is 0 Å². The topological polar surface area (TPSA) is 115 Å². The molecule has 1 aliphatic carbocycles. The van der Waals surface area contributed by atoms with Crippen LogP contribution in [0.2, 0.25) is 0 Å². The van der Waals surface area contributed by atoms with Crippen molar-refractivity contribution in [2.24, 2.45) is 0 Å². The first kappa shape index (κ1) is 9.85. The van der Waals surface area contributed by atoms with Gasteiger partial charge in [0.25, 0.3) is 0 Å². The van der Waals surface area contributed by atoms with Gasteiger partial charge in [0.05, 0.1) is 0 Å². The lowest BCUT2D eigenvalue weighted by atomic mass is 9.83. The monoisotopic (exact) mass is 188 g/mol. The molecule has 6 nitrogen and oxygen atoms in total. The molecule has 0 aromatic carbocycles. The van der Waals surface area contributed by atoms with E-state index in [-0.39, 0.29) is 0 Å². The van der Waals surface area contributed by atoms with E-state index >= 15 is 0 Å². The van der Waals surface area contributed by atoms with Crippen molar-refractivity contribution in [3.8, 4) is 0 Å². The molecule has 3 atom stereocenters. The Hall–Kier alpha value is -1.24. The number of hydrogen-bond acceptors (Lipinski definition) is 5. The molecule has 0 heterocycles. The molecule has 0 aromatic heterocycles. The van der Waals surface area contributed by atoms with Gasteiger partial charge in [-0.15, -0.1) is 0 Å². The van der Waals surface area contributed by atoms with Gasteiger partial charge in [-0.1, -0.05) is 0 Å². The average molecular weight is 188 g/mol. The molecule has 0 amide bonds. The number of carboxylic acid groups (broad SMARTS) is 1. The molecule has 0 aliphatic heterocycles. The molecule has 1 aliphatic rings. The zero-order valence-corrected chi connectivity index (χ0v) is 6.41. The van der Waals surface area contributed by atoms with Gasteiger partial charge in [0.2, 0.25) is 5.60 Å². The second-order valence-electron chi connectivity index (χ2n) is 2.74. The van der Waals surface area contributed by atoms with Crippen molar-refractivity contribution in [3.05, 3.63) is 12.2 Å². The van der Waals surface area contributed by atoms with E-state index in [0.717, 1.165) is 12.2 Å². The Labute approximate surface area is 72.7 Å². The lowest BCUT2D eigenvalue weighted by Gasteiger charge is -2.32. The van der Waals surface area contributed by atoms with Crippen LogP contribution in [-0.4, -0.2) is 50.0 Å². The third-order valence-electron chi connectivity index (χ3n) is 1.92.